The first-order valence-electron chi connectivity index (χ1n) is 5.77. The van der Waals surface area contributed by atoms with E-state index in [1.807, 2.05) is 6.07 Å². The molecule has 4 nitrogen and oxygen atoms in total. The lowest BCUT2D eigenvalue weighted by Gasteiger charge is -2.18. The van der Waals surface area contributed by atoms with Crippen LogP contribution in [0.15, 0.2) is 42.7 Å². The van der Waals surface area contributed by atoms with Gasteiger partial charge in [0.2, 0.25) is 0 Å². The van der Waals surface area contributed by atoms with E-state index in [1.54, 1.807) is 25.5 Å². The molecular weight excluding hydrogens is 245 g/mol. The van der Waals surface area contributed by atoms with E-state index in [1.165, 1.54) is 17.0 Å². The van der Waals surface area contributed by atoms with Gasteiger partial charge in [-0.05, 0) is 29.8 Å². The lowest BCUT2D eigenvalue weighted by molar-refractivity contribution is 0.0786. The number of nitrogen functional groups attached to an aromatic ring is 1. The molecule has 0 aliphatic heterocycles. The number of carbonyl (C=O) groups excluding carboxylic acids is 1. The molecule has 0 bridgehead atoms. The molecule has 0 atom stereocenters. The van der Waals surface area contributed by atoms with Crippen LogP contribution in [0.4, 0.5) is 10.1 Å². The highest BCUT2D eigenvalue weighted by Crippen LogP contribution is 2.16. The quantitative estimate of drug-likeness (QED) is 0.858. The second kappa shape index (κ2) is 5.48. The number of nitrogens with zero attached hydrogens (tertiary/aromatic N) is 2. The second-order valence-electron chi connectivity index (χ2n) is 4.25. The normalized spacial score (nSPS) is 10.2. The van der Waals surface area contributed by atoms with Crippen molar-refractivity contribution in [3.63, 3.8) is 0 Å². The van der Waals surface area contributed by atoms with Gasteiger partial charge in [0.25, 0.3) is 5.91 Å². The topological polar surface area (TPSA) is 59.2 Å². The van der Waals surface area contributed by atoms with Crippen LogP contribution in [0.5, 0.6) is 0 Å². The fourth-order valence-corrected chi connectivity index (χ4v) is 1.77. The van der Waals surface area contributed by atoms with Gasteiger partial charge in [-0.1, -0.05) is 6.07 Å². The zero-order valence-corrected chi connectivity index (χ0v) is 10.5. The van der Waals surface area contributed by atoms with Crippen molar-refractivity contribution in [1.82, 2.24) is 9.88 Å². The standard InChI is InChI=1S/C14H14FN3O/c1-18(9-10-3-2-6-17-8-10)14(19)12-5-4-11(15)7-13(12)16/h2-8H,9,16H2,1H3. The summed E-state index contributed by atoms with van der Waals surface area (Å²) < 4.78 is 12.9. The molecule has 0 aliphatic carbocycles. The number of halogens is 1. The first kappa shape index (κ1) is 13.0. The van der Waals surface area contributed by atoms with E-state index < -0.39 is 5.82 Å². The Bertz CT molecular complexity index is 586. The Hall–Kier alpha value is -2.43. The van der Waals surface area contributed by atoms with Crippen molar-refractivity contribution >= 4 is 11.6 Å². The summed E-state index contributed by atoms with van der Waals surface area (Å²) in [5.74, 6) is -0.703. The Labute approximate surface area is 110 Å². The zero-order chi connectivity index (χ0) is 13.8. The summed E-state index contributed by atoms with van der Waals surface area (Å²) >= 11 is 0. The van der Waals surface area contributed by atoms with Gasteiger partial charge >= 0.3 is 0 Å². The largest absolute Gasteiger partial charge is 0.398 e. The number of hydrogen-bond acceptors (Lipinski definition) is 3. The Morgan fingerprint density at radius 3 is 2.84 bits per heavy atom. The van der Waals surface area contributed by atoms with Crippen LogP contribution in [-0.2, 0) is 6.54 Å². The van der Waals surface area contributed by atoms with Crippen LogP contribution < -0.4 is 5.73 Å². The molecule has 2 aromatic rings. The lowest BCUT2D eigenvalue weighted by atomic mass is 10.1. The van der Waals surface area contributed by atoms with Crippen LogP contribution in [0.1, 0.15) is 15.9 Å². The highest BCUT2D eigenvalue weighted by molar-refractivity contribution is 5.98. The maximum Gasteiger partial charge on any atom is 0.255 e. The van der Waals surface area contributed by atoms with Crippen molar-refractivity contribution in [2.45, 2.75) is 6.54 Å². The number of pyridine rings is 1. The van der Waals surface area contributed by atoms with Crippen molar-refractivity contribution in [3.05, 3.63) is 59.7 Å². The van der Waals surface area contributed by atoms with Gasteiger partial charge in [-0.3, -0.25) is 9.78 Å². The maximum absolute atomic E-state index is 12.9. The molecule has 1 aromatic heterocycles. The van der Waals surface area contributed by atoms with Crippen molar-refractivity contribution in [3.8, 4) is 0 Å². The average Bonchev–Trinajstić information content (AvgIpc) is 2.39. The molecule has 0 fully saturated rings. The maximum atomic E-state index is 12.9. The van der Waals surface area contributed by atoms with E-state index in [-0.39, 0.29) is 11.6 Å². The lowest BCUT2D eigenvalue weighted by Crippen LogP contribution is -2.27. The van der Waals surface area contributed by atoms with Gasteiger partial charge in [0.05, 0.1) is 5.56 Å². The number of anilines is 1. The number of carbonyl (C=O) groups is 1. The molecule has 98 valence electrons. The Kier molecular flexibility index (Phi) is 3.75. The van der Waals surface area contributed by atoms with E-state index in [0.717, 1.165) is 11.6 Å². The smallest absolute Gasteiger partial charge is 0.255 e. The summed E-state index contributed by atoms with van der Waals surface area (Å²) in [7, 11) is 1.66. The van der Waals surface area contributed by atoms with Crippen molar-refractivity contribution in [2.75, 3.05) is 12.8 Å². The number of hydrogen-bond donors (Lipinski definition) is 1. The number of aromatic nitrogens is 1. The third-order valence-electron chi connectivity index (χ3n) is 2.73. The minimum Gasteiger partial charge on any atom is -0.398 e. The van der Waals surface area contributed by atoms with Crippen molar-refractivity contribution < 1.29 is 9.18 Å². The third-order valence-corrected chi connectivity index (χ3v) is 2.73. The van der Waals surface area contributed by atoms with Crippen LogP contribution in [0.3, 0.4) is 0 Å². The molecule has 0 saturated carbocycles. The van der Waals surface area contributed by atoms with Crippen molar-refractivity contribution in [1.29, 1.82) is 0 Å². The monoisotopic (exact) mass is 259 g/mol. The molecule has 1 aromatic carbocycles. The second-order valence-corrected chi connectivity index (χ2v) is 4.25. The summed E-state index contributed by atoms with van der Waals surface area (Å²) in [5.41, 5.74) is 7.01. The van der Waals surface area contributed by atoms with Gasteiger partial charge < -0.3 is 10.6 Å². The minimum atomic E-state index is -0.455. The molecule has 0 unspecified atom stereocenters. The minimum absolute atomic E-state index is 0.142. The third kappa shape index (κ3) is 3.07. The summed E-state index contributed by atoms with van der Waals surface area (Å²) in [6.07, 6.45) is 3.36. The molecule has 19 heavy (non-hydrogen) atoms. The molecule has 0 saturated heterocycles. The van der Waals surface area contributed by atoms with E-state index in [2.05, 4.69) is 4.98 Å². The Morgan fingerprint density at radius 2 is 2.21 bits per heavy atom. The SMILES string of the molecule is CN(Cc1cccnc1)C(=O)c1ccc(F)cc1N. The predicted molar refractivity (Wildman–Crippen MR) is 70.8 cm³/mol. The highest BCUT2D eigenvalue weighted by Gasteiger charge is 2.15. The molecule has 0 radical (unpaired) electrons. The molecule has 0 aliphatic rings. The van der Waals surface area contributed by atoms with Crippen LogP contribution in [0.25, 0.3) is 0 Å². The molecule has 1 heterocycles. The van der Waals surface area contributed by atoms with E-state index in [0.29, 0.717) is 12.1 Å². The average molecular weight is 259 g/mol. The van der Waals surface area contributed by atoms with E-state index >= 15 is 0 Å². The number of benzene rings is 1. The van der Waals surface area contributed by atoms with E-state index in [9.17, 15) is 9.18 Å². The Morgan fingerprint density at radius 1 is 1.42 bits per heavy atom. The fourth-order valence-electron chi connectivity index (χ4n) is 1.77. The molecule has 0 spiro atoms. The molecule has 2 rings (SSSR count). The summed E-state index contributed by atoms with van der Waals surface area (Å²) in [6, 6.07) is 7.45. The van der Waals surface area contributed by atoms with Crippen LogP contribution in [0, 0.1) is 5.82 Å². The van der Waals surface area contributed by atoms with Gasteiger partial charge in [0.1, 0.15) is 5.82 Å². The number of amides is 1. The Balaban J connectivity index is 2.15. The predicted octanol–water partition coefficient (Wildman–Crippen LogP) is 2.08. The van der Waals surface area contributed by atoms with Gasteiger partial charge in [-0.2, -0.15) is 0 Å². The number of nitrogens with two attached hydrogens (primary N) is 1. The summed E-state index contributed by atoms with van der Waals surface area (Å²) in [6.45, 7) is 0.420. The molecule has 1 amide bonds. The van der Waals surface area contributed by atoms with Crippen LogP contribution in [-0.4, -0.2) is 22.8 Å². The first-order valence-corrected chi connectivity index (χ1v) is 5.77. The van der Waals surface area contributed by atoms with Crippen molar-refractivity contribution in [2.24, 2.45) is 0 Å². The highest BCUT2D eigenvalue weighted by atomic mass is 19.1. The zero-order valence-electron chi connectivity index (χ0n) is 10.5. The van der Waals surface area contributed by atoms with Crippen LogP contribution in [0.2, 0.25) is 0 Å². The summed E-state index contributed by atoms with van der Waals surface area (Å²) in [4.78, 5) is 17.7. The molecular formula is C14H14FN3O. The summed E-state index contributed by atoms with van der Waals surface area (Å²) in [5, 5.41) is 0. The van der Waals surface area contributed by atoms with Gasteiger partial charge in [-0.15, -0.1) is 0 Å². The molecule has 5 heteroatoms. The van der Waals surface area contributed by atoms with Gasteiger partial charge in [-0.25, -0.2) is 4.39 Å². The van der Waals surface area contributed by atoms with Crippen LogP contribution >= 0.6 is 0 Å². The van der Waals surface area contributed by atoms with Gasteiger partial charge in [0.15, 0.2) is 0 Å². The number of rotatable bonds is 3. The van der Waals surface area contributed by atoms with E-state index in [4.69, 9.17) is 5.73 Å². The molecule has 2 N–H and O–H groups in total. The van der Waals surface area contributed by atoms with Gasteiger partial charge in [0, 0.05) is 31.7 Å². The first-order chi connectivity index (χ1) is 9.08. The fraction of sp³-hybridized carbons (Fsp3) is 0.143.